The minimum absolute atomic E-state index is 0.0509. The standard InChI is InChI=1S/C25H31N5O4/c1-25(2,13-19-27-23-18(24(33)28-19)9-10-29(23)3)14-21(31)30-11-7-16(8-12-30)22(32)17-5-6-20(34-4)26-15-17/h5-6,9-10,15-16,18H,7-8,11-14H2,1-4H3. The van der Waals surface area contributed by atoms with E-state index in [2.05, 4.69) is 15.0 Å². The highest BCUT2D eigenvalue weighted by atomic mass is 16.5. The van der Waals surface area contributed by atoms with Crippen LogP contribution in [0.5, 0.6) is 5.88 Å². The summed E-state index contributed by atoms with van der Waals surface area (Å²) >= 11 is 0. The second-order valence-corrected chi connectivity index (χ2v) is 9.89. The van der Waals surface area contributed by atoms with Crippen molar-refractivity contribution in [3.05, 3.63) is 36.2 Å². The molecule has 0 aliphatic carbocycles. The summed E-state index contributed by atoms with van der Waals surface area (Å²) in [7, 11) is 3.40. The molecular weight excluding hydrogens is 434 g/mol. The summed E-state index contributed by atoms with van der Waals surface area (Å²) in [5, 5.41) is 0. The monoisotopic (exact) mass is 465 g/mol. The number of ketones is 1. The van der Waals surface area contributed by atoms with Crippen LogP contribution in [-0.2, 0) is 9.59 Å². The number of carbonyl (C=O) groups excluding carboxylic acids is 3. The molecular formula is C25H31N5O4. The fourth-order valence-electron chi connectivity index (χ4n) is 4.66. The number of methoxy groups -OCH3 is 1. The molecule has 3 aliphatic heterocycles. The Kier molecular flexibility index (Phi) is 6.63. The van der Waals surface area contributed by atoms with E-state index in [9.17, 15) is 14.4 Å². The Bertz CT molecular complexity index is 1070. The molecule has 34 heavy (non-hydrogen) atoms. The van der Waals surface area contributed by atoms with Crippen molar-refractivity contribution >= 4 is 29.3 Å². The molecule has 9 nitrogen and oxygen atoms in total. The maximum absolute atomic E-state index is 13.0. The molecule has 1 unspecified atom stereocenters. The van der Waals surface area contributed by atoms with E-state index >= 15 is 0 Å². The molecule has 0 aromatic carbocycles. The van der Waals surface area contributed by atoms with Gasteiger partial charge in [0, 0.05) is 62.9 Å². The van der Waals surface area contributed by atoms with Gasteiger partial charge in [0.2, 0.25) is 11.8 Å². The fourth-order valence-corrected chi connectivity index (χ4v) is 4.66. The van der Waals surface area contributed by atoms with Gasteiger partial charge < -0.3 is 14.5 Å². The first kappa shape index (κ1) is 23.8. The third-order valence-electron chi connectivity index (χ3n) is 6.61. The van der Waals surface area contributed by atoms with E-state index in [0.717, 1.165) is 0 Å². The SMILES string of the molecule is COc1ccc(C(=O)C2CCN(C(=O)CC(C)(C)CC3=NC(=O)C4C=CN(C)C4=N3)CC2)cn1. The molecule has 0 spiro atoms. The Labute approximate surface area is 199 Å². The Balaban J connectivity index is 1.30. The number of nitrogens with zero attached hydrogens (tertiary/aromatic N) is 5. The summed E-state index contributed by atoms with van der Waals surface area (Å²) in [4.78, 5) is 54.7. The van der Waals surface area contributed by atoms with Gasteiger partial charge in [-0.2, -0.15) is 4.99 Å². The van der Waals surface area contributed by atoms with Gasteiger partial charge in [-0.15, -0.1) is 0 Å². The molecule has 9 heteroatoms. The number of aromatic nitrogens is 1. The van der Waals surface area contributed by atoms with Crippen LogP contribution in [0.25, 0.3) is 0 Å². The van der Waals surface area contributed by atoms with E-state index in [0.29, 0.717) is 61.9 Å². The van der Waals surface area contributed by atoms with Crippen molar-refractivity contribution in [1.82, 2.24) is 14.8 Å². The number of Topliss-reactive ketones (excluding diaryl/α,β-unsaturated/α-hetero) is 1. The van der Waals surface area contributed by atoms with Gasteiger partial charge in [0.1, 0.15) is 17.6 Å². The van der Waals surface area contributed by atoms with E-state index in [1.54, 1.807) is 24.4 Å². The largest absolute Gasteiger partial charge is 0.481 e. The number of fused-ring (bicyclic) bond motifs is 1. The number of amides is 2. The zero-order chi connectivity index (χ0) is 24.5. The van der Waals surface area contributed by atoms with Crippen molar-refractivity contribution in [2.24, 2.45) is 27.2 Å². The maximum atomic E-state index is 13.0. The van der Waals surface area contributed by atoms with E-state index < -0.39 is 11.3 Å². The van der Waals surface area contributed by atoms with Crippen molar-refractivity contribution in [3.63, 3.8) is 0 Å². The zero-order valence-electron chi connectivity index (χ0n) is 20.2. The summed E-state index contributed by atoms with van der Waals surface area (Å²) in [6, 6.07) is 3.42. The van der Waals surface area contributed by atoms with Crippen LogP contribution in [0, 0.1) is 17.3 Å². The molecule has 1 atom stereocenters. The maximum Gasteiger partial charge on any atom is 0.262 e. The first-order valence-corrected chi connectivity index (χ1v) is 11.6. The van der Waals surface area contributed by atoms with Crippen LogP contribution in [-0.4, -0.2) is 71.3 Å². The fraction of sp³-hybridized carbons (Fsp3) is 0.520. The van der Waals surface area contributed by atoms with Gasteiger partial charge >= 0.3 is 0 Å². The molecule has 1 aromatic heterocycles. The number of hydrogen-bond acceptors (Lipinski definition) is 7. The van der Waals surface area contributed by atoms with E-state index in [1.807, 2.05) is 36.9 Å². The summed E-state index contributed by atoms with van der Waals surface area (Å²) in [5.41, 5.74) is 0.167. The molecule has 0 bridgehead atoms. The van der Waals surface area contributed by atoms with Gasteiger partial charge in [0.25, 0.3) is 5.91 Å². The minimum atomic E-state index is -0.404. The van der Waals surface area contributed by atoms with Gasteiger partial charge in [-0.05, 0) is 30.4 Å². The number of rotatable bonds is 7. The summed E-state index contributed by atoms with van der Waals surface area (Å²) in [5.74, 6) is 1.04. The highest BCUT2D eigenvalue weighted by molar-refractivity contribution is 6.17. The van der Waals surface area contributed by atoms with Gasteiger partial charge in [-0.25, -0.2) is 9.98 Å². The first-order chi connectivity index (χ1) is 16.2. The molecule has 1 saturated heterocycles. The second-order valence-electron chi connectivity index (χ2n) is 9.89. The molecule has 3 aliphatic rings. The lowest BCUT2D eigenvalue weighted by Crippen LogP contribution is -2.42. The molecule has 180 valence electrons. The Morgan fingerprint density at radius 3 is 2.56 bits per heavy atom. The lowest BCUT2D eigenvalue weighted by atomic mass is 9.83. The lowest BCUT2D eigenvalue weighted by Gasteiger charge is -2.34. The van der Waals surface area contributed by atoms with Crippen molar-refractivity contribution in [1.29, 1.82) is 0 Å². The summed E-state index contributed by atoms with van der Waals surface area (Å²) < 4.78 is 5.05. The molecule has 0 saturated carbocycles. The van der Waals surface area contributed by atoms with Crippen LogP contribution in [0.15, 0.2) is 40.6 Å². The van der Waals surface area contributed by atoms with Crippen LogP contribution in [0.1, 0.15) is 49.9 Å². The number of amidine groups is 2. The molecule has 4 heterocycles. The number of aliphatic imine (C=N–C) groups is 2. The van der Waals surface area contributed by atoms with Gasteiger partial charge in [-0.3, -0.25) is 14.4 Å². The van der Waals surface area contributed by atoms with Crippen LogP contribution in [0.4, 0.5) is 0 Å². The second kappa shape index (κ2) is 9.48. The number of piperidine rings is 1. The van der Waals surface area contributed by atoms with Crippen molar-refractivity contribution in [2.75, 3.05) is 27.2 Å². The van der Waals surface area contributed by atoms with Crippen molar-refractivity contribution < 1.29 is 19.1 Å². The van der Waals surface area contributed by atoms with Crippen LogP contribution >= 0.6 is 0 Å². The van der Waals surface area contributed by atoms with E-state index in [1.165, 1.54) is 7.11 Å². The number of hydrogen-bond donors (Lipinski definition) is 0. The Hall–Kier alpha value is -3.36. The number of pyridine rings is 1. The van der Waals surface area contributed by atoms with Crippen LogP contribution in [0.3, 0.4) is 0 Å². The van der Waals surface area contributed by atoms with E-state index in [-0.39, 0.29) is 23.5 Å². The molecule has 1 aromatic rings. The number of carbonyl (C=O) groups is 3. The van der Waals surface area contributed by atoms with E-state index in [4.69, 9.17) is 4.74 Å². The van der Waals surface area contributed by atoms with Crippen LogP contribution in [0.2, 0.25) is 0 Å². The van der Waals surface area contributed by atoms with Gasteiger partial charge in [-0.1, -0.05) is 13.8 Å². The lowest BCUT2D eigenvalue weighted by molar-refractivity contribution is -0.134. The third kappa shape index (κ3) is 5.08. The summed E-state index contributed by atoms with van der Waals surface area (Å²) in [6.45, 7) is 5.09. The molecule has 0 N–H and O–H groups in total. The van der Waals surface area contributed by atoms with Crippen molar-refractivity contribution in [3.8, 4) is 5.88 Å². The Morgan fingerprint density at radius 1 is 1.18 bits per heavy atom. The molecule has 2 amide bonds. The van der Waals surface area contributed by atoms with Gasteiger partial charge in [0.05, 0.1) is 7.11 Å². The average molecular weight is 466 g/mol. The molecule has 0 radical (unpaired) electrons. The predicted octanol–water partition coefficient (Wildman–Crippen LogP) is 2.73. The first-order valence-electron chi connectivity index (χ1n) is 11.6. The predicted molar refractivity (Wildman–Crippen MR) is 128 cm³/mol. The quantitative estimate of drug-likeness (QED) is 0.574. The normalized spacial score (nSPS) is 20.7. The Morgan fingerprint density at radius 2 is 1.91 bits per heavy atom. The highest BCUT2D eigenvalue weighted by Gasteiger charge is 2.35. The highest BCUT2D eigenvalue weighted by Crippen LogP contribution is 2.31. The molecule has 1 fully saturated rings. The number of ether oxygens (including phenoxy) is 1. The van der Waals surface area contributed by atoms with Crippen molar-refractivity contribution in [2.45, 2.75) is 39.5 Å². The number of likely N-dealkylation sites (tertiary alicyclic amines) is 1. The van der Waals surface area contributed by atoms with Gasteiger partial charge in [0.15, 0.2) is 5.78 Å². The zero-order valence-corrected chi connectivity index (χ0v) is 20.2. The van der Waals surface area contributed by atoms with Crippen LogP contribution < -0.4 is 4.74 Å². The minimum Gasteiger partial charge on any atom is -0.481 e. The third-order valence-corrected chi connectivity index (χ3v) is 6.61. The summed E-state index contributed by atoms with van der Waals surface area (Å²) in [6.07, 6.45) is 7.20. The molecule has 4 rings (SSSR count). The average Bonchev–Trinajstić information content (AvgIpc) is 3.19. The smallest absolute Gasteiger partial charge is 0.262 e. The topological polar surface area (TPSA) is 105 Å².